The fourth-order valence-corrected chi connectivity index (χ4v) is 1.50. The molecular weight excluding hydrogens is 180 g/mol. The summed E-state index contributed by atoms with van der Waals surface area (Å²) in [6, 6.07) is 0.691. The van der Waals surface area contributed by atoms with Gasteiger partial charge in [-0.25, -0.2) is 0 Å². The van der Waals surface area contributed by atoms with Gasteiger partial charge < -0.3 is 16.4 Å². The Kier molecular flexibility index (Phi) is 2.56. The summed E-state index contributed by atoms with van der Waals surface area (Å²) in [7, 11) is 0. The van der Waals surface area contributed by atoms with Crippen molar-refractivity contribution in [2.45, 2.75) is 37.8 Å². The zero-order chi connectivity index (χ0) is 9.97. The van der Waals surface area contributed by atoms with Gasteiger partial charge in [0.2, 0.25) is 5.91 Å². The first kappa shape index (κ1) is 9.30. The molecule has 0 aromatic carbocycles. The van der Waals surface area contributed by atoms with Crippen LogP contribution in [-0.4, -0.2) is 30.5 Å². The Morgan fingerprint density at radius 2 is 2.29 bits per heavy atom. The second-order valence-corrected chi connectivity index (χ2v) is 3.93. The summed E-state index contributed by atoms with van der Waals surface area (Å²) in [6.45, 7) is 0.652. The third-order valence-corrected chi connectivity index (χ3v) is 2.49. The van der Waals surface area contributed by atoms with Crippen LogP contribution in [0.1, 0.15) is 25.7 Å². The second kappa shape index (κ2) is 3.86. The molecule has 1 saturated heterocycles. The van der Waals surface area contributed by atoms with E-state index < -0.39 is 0 Å². The van der Waals surface area contributed by atoms with Crippen LogP contribution in [-0.2, 0) is 4.79 Å². The molecule has 4 N–H and O–H groups in total. The quantitative estimate of drug-likeness (QED) is 0.405. The van der Waals surface area contributed by atoms with Crippen molar-refractivity contribution < 1.29 is 4.79 Å². The van der Waals surface area contributed by atoms with E-state index in [1.807, 2.05) is 0 Å². The van der Waals surface area contributed by atoms with E-state index in [4.69, 9.17) is 5.73 Å². The van der Waals surface area contributed by atoms with Crippen LogP contribution in [0, 0.1) is 0 Å². The van der Waals surface area contributed by atoms with Gasteiger partial charge in [-0.15, -0.1) is 0 Å². The number of nitrogens with one attached hydrogen (secondary N) is 2. The van der Waals surface area contributed by atoms with Gasteiger partial charge in [0, 0.05) is 19.0 Å². The van der Waals surface area contributed by atoms with Gasteiger partial charge in [0.1, 0.15) is 0 Å². The van der Waals surface area contributed by atoms with Crippen molar-refractivity contribution in [2.75, 3.05) is 6.54 Å². The first-order valence-corrected chi connectivity index (χ1v) is 5.10. The highest BCUT2D eigenvalue weighted by Gasteiger charge is 2.22. The molecule has 14 heavy (non-hydrogen) atoms. The Bertz CT molecular complexity index is 250. The largest absolute Gasteiger partial charge is 0.370 e. The van der Waals surface area contributed by atoms with Crippen molar-refractivity contribution in [3.63, 3.8) is 0 Å². The lowest BCUT2D eigenvalue weighted by Gasteiger charge is -2.23. The van der Waals surface area contributed by atoms with Crippen molar-refractivity contribution in [1.82, 2.24) is 10.6 Å². The monoisotopic (exact) mass is 196 g/mol. The minimum Gasteiger partial charge on any atom is -0.370 e. The van der Waals surface area contributed by atoms with Crippen LogP contribution in [0.3, 0.4) is 0 Å². The maximum Gasteiger partial charge on any atom is 0.220 e. The van der Waals surface area contributed by atoms with Crippen LogP contribution in [0.5, 0.6) is 0 Å². The first-order chi connectivity index (χ1) is 6.74. The minimum absolute atomic E-state index is 0.126. The molecule has 2 rings (SSSR count). The molecule has 1 unspecified atom stereocenters. The SMILES string of the molecule is NC(=NC1CC1)NC1CCC(=O)NC1. The van der Waals surface area contributed by atoms with E-state index in [0.717, 1.165) is 19.3 Å². The molecule has 0 aromatic rings. The molecule has 1 atom stereocenters. The van der Waals surface area contributed by atoms with E-state index in [1.54, 1.807) is 0 Å². The normalized spacial score (nSPS) is 28.4. The maximum atomic E-state index is 10.9. The third kappa shape index (κ3) is 2.61. The number of rotatable bonds is 2. The van der Waals surface area contributed by atoms with Crippen molar-refractivity contribution in [2.24, 2.45) is 10.7 Å². The topological polar surface area (TPSA) is 79.5 Å². The minimum atomic E-state index is 0.126. The lowest BCUT2D eigenvalue weighted by atomic mass is 10.1. The molecule has 1 saturated carbocycles. The predicted molar refractivity (Wildman–Crippen MR) is 53.8 cm³/mol. The van der Waals surface area contributed by atoms with Crippen LogP contribution >= 0.6 is 0 Å². The zero-order valence-electron chi connectivity index (χ0n) is 8.12. The highest BCUT2D eigenvalue weighted by atomic mass is 16.1. The fourth-order valence-electron chi connectivity index (χ4n) is 1.50. The van der Waals surface area contributed by atoms with Gasteiger partial charge in [0.25, 0.3) is 0 Å². The molecule has 2 aliphatic rings. The van der Waals surface area contributed by atoms with Gasteiger partial charge in [-0.3, -0.25) is 9.79 Å². The van der Waals surface area contributed by atoms with Crippen molar-refractivity contribution in [1.29, 1.82) is 0 Å². The first-order valence-electron chi connectivity index (χ1n) is 5.10. The standard InChI is InChI=1S/C9H16N4O/c10-9(12-6-1-2-6)13-7-3-4-8(14)11-5-7/h6-7H,1-5H2,(H,11,14)(H3,10,12,13). The zero-order valence-corrected chi connectivity index (χ0v) is 8.12. The molecule has 5 nitrogen and oxygen atoms in total. The van der Waals surface area contributed by atoms with Gasteiger partial charge in [0.15, 0.2) is 5.96 Å². The number of nitrogens with zero attached hydrogens (tertiary/aromatic N) is 1. The molecule has 5 heteroatoms. The number of guanidine groups is 1. The Balaban J connectivity index is 1.76. The number of carbonyl (C=O) groups is 1. The summed E-state index contributed by atoms with van der Waals surface area (Å²) < 4.78 is 0. The number of piperidine rings is 1. The summed E-state index contributed by atoms with van der Waals surface area (Å²) in [5.41, 5.74) is 5.71. The predicted octanol–water partition coefficient (Wildman–Crippen LogP) is -0.668. The van der Waals surface area contributed by atoms with E-state index in [2.05, 4.69) is 15.6 Å². The molecular formula is C9H16N4O. The summed E-state index contributed by atoms with van der Waals surface area (Å²) in [5, 5.41) is 5.92. The van der Waals surface area contributed by atoms with E-state index >= 15 is 0 Å². The number of hydrogen-bond donors (Lipinski definition) is 3. The Morgan fingerprint density at radius 1 is 1.50 bits per heavy atom. The lowest BCUT2D eigenvalue weighted by Crippen LogP contribution is -2.50. The van der Waals surface area contributed by atoms with E-state index in [1.165, 1.54) is 0 Å². The van der Waals surface area contributed by atoms with Gasteiger partial charge in [-0.2, -0.15) is 0 Å². The van der Waals surface area contributed by atoms with Crippen molar-refractivity contribution >= 4 is 11.9 Å². The molecule has 1 aliphatic carbocycles. The molecule has 2 fully saturated rings. The average molecular weight is 196 g/mol. The molecule has 0 spiro atoms. The number of hydrogen-bond acceptors (Lipinski definition) is 2. The van der Waals surface area contributed by atoms with E-state index in [0.29, 0.717) is 25.0 Å². The smallest absolute Gasteiger partial charge is 0.220 e. The van der Waals surface area contributed by atoms with Crippen LogP contribution in [0.4, 0.5) is 0 Å². The summed E-state index contributed by atoms with van der Waals surface area (Å²) in [5.74, 6) is 0.648. The van der Waals surface area contributed by atoms with Crippen LogP contribution < -0.4 is 16.4 Å². The van der Waals surface area contributed by atoms with Crippen LogP contribution in [0.15, 0.2) is 4.99 Å². The second-order valence-electron chi connectivity index (χ2n) is 3.93. The maximum absolute atomic E-state index is 10.9. The lowest BCUT2D eigenvalue weighted by molar-refractivity contribution is -0.122. The van der Waals surface area contributed by atoms with E-state index in [9.17, 15) is 4.79 Å². The Hall–Kier alpha value is -1.26. The molecule has 0 aromatic heterocycles. The van der Waals surface area contributed by atoms with E-state index in [-0.39, 0.29) is 11.9 Å². The van der Waals surface area contributed by atoms with Gasteiger partial charge in [-0.05, 0) is 19.3 Å². The molecule has 78 valence electrons. The number of aliphatic imine (C=N–C) groups is 1. The molecule has 1 aliphatic heterocycles. The summed E-state index contributed by atoms with van der Waals surface area (Å²) >= 11 is 0. The Labute approximate surface area is 83.1 Å². The fraction of sp³-hybridized carbons (Fsp3) is 0.778. The summed E-state index contributed by atoms with van der Waals surface area (Å²) in [4.78, 5) is 15.2. The number of carbonyl (C=O) groups excluding carboxylic acids is 1. The van der Waals surface area contributed by atoms with Crippen molar-refractivity contribution in [3.8, 4) is 0 Å². The average Bonchev–Trinajstić information content (AvgIpc) is 2.93. The van der Waals surface area contributed by atoms with Crippen LogP contribution in [0.25, 0.3) is 0 Å². The van der Waals surface area contributed by atoms with Gasteiger partial charge in [0.05, 0.1) is 6.04 Å². The Morgan fingerprint density at radius 3 is 2.86 bits per heavy atom. The highest BCUT2D eigenvalue weighted by molar-refractivity contribution is 5.80. The van der Waals surface area contributed by atoms with Crippen molar-refractivity contribution in [3.05, 3.63) is 0 Å². The third-order valence-electron chi connectivity index (χ3n) is 2.49. The molecule has 0 radical (unpaired) electrons. The molecule has 0 bridgehead atoms. The van der Waals surface area contributed by atoms with Crippen LogP contribution in [0.2, 0.25) is 0 Å². The number of nitrogens with two attached hydrogens (primary N) is 1. The summed E-state index contributed by atoms with van der Waals surface area (Å²) in [6.07, 6.45) is 3.73. The molecule has 1 heterocycles. The highest BCUT2D eigenvalue weighted by Crippen LogP contribution is 2.22. The molecule has 1 amide bonds. The van der Waals surface area contributed by atoms with Gasteiger partial charge >= 0.3 is 0 Å². The van der Waals surface area contributed by atoms with Gasteiger partial charge in [-0.1, -0.05) is 0 Å². The number of amides is 1.